The van der Waals surface area contributed by atoms with E-state index in [0.717, 1.165) is 18.8 Å². The SMILES string of the molecule is CC(=Cc1ccccn1)CNCC(C)C. The molecule has 15 heavy (non-hydrogen) atoms. The highest BCUT2D eigenvalue weighted by molar-refractivity contribution is 5.48. The van der Waals surface area contributed by atoms with E-state index in [0.29, 0.717) is 5.92 Å². The molecular formula is C13H20N2. The predicted octanol–water partition coefficient (Wildman–Crippen LogP) is 2.73. The summed E-state index contributed by atoms with van der Waals surface area (Å²) in [4.78, 5) is 4.26. The van der Waals surface area contributed by atoms with Crippen molar-refractivity contribution in [2.75, 3.05) is 13.1 Å². The summed E-state index contributed by atoms with van der Waals surface area (Å²) in [6, 6.07) is 5.96. The van der Waals surface area contributed by atoms with Crippen LogP contribution < -0.4 is 5.32 Å². The zero-order valence-electron chi connectivity index (χ0n) is 9.83. The average Bonchev–Trinajstić information content (AvgIpc) is 2.18. The first-order valence-electron chi connectivity index (χ1n) is 5.47. The Balaban J connectivity index is 2.40. The fourth-order valence-electron chi connectivity index (χ4n) is 1.32. The van der Waals surface area contributed by atoms with Gasteiger partial charge in [0.05, 0.1) is 5.69 Å². The summed E-state index contributed by atoms with van der Waals surface area (Å²) in [7, 11) is 0. The highest BCUT2D eigenvalue weighted by Crippen LogP contribution is 2.01. The van der Waals surface area contributed by atoms with E-state index in [1.807, 2.05) is 24.4 Å². The van der Waals surface area contributed by atoms with E-state index < -0.39 is 0 Å². The fourth-order valence-corrected chi connectivity index (χ4v) is 1.32. The Hall–Kier alpha value is -1.15. The van der Waals surface area contributed by atoms with E-state index in [2.05, 4.69) is 37.1 Å². The van der Waals surface area contributed by atoms with Crippen LogP contribution in [-0.4, -0.2) is 18.1 Å². The maximum atomic E-state index is 4.26. The van der Waals surface area contributed by atoms with Crippen molar-refractivity contribution in [2.24, 2.45) is 5.92 Å². The number of aromatic nitrogens is 1. The highest BCUT2D eigenvalue weighted by Gasteiger charge is 1.94. The molecule has 0 radical (unpaired) electrons. The van der Waals surface area contributed by atoms with Crippen LogP contribution in [0.3, 0.4) is 0 Å². The summed E-state index contributed by atoms with van der Waals surface area (Å²) in [5, 5.41) is 3.41. The molecule has 2 heteroatoms. The molecular weight excluding hydrogens is 184 g/mol. The van der Waals surface area contributed by atoms with Gasteiger partial charge >= 0.3 is 0 Å². The summed E-state index contributed by atoms with van der Waals surface area (Å²) < 4.78 is 0. The molecule has 0 fully saturated rings. The van der Waals surface area contributed by atoms with Crippen molar-refractivity contribution in [1.82, 2.24) is 10.3 Å². The average molecular weight is 204 g/mol. The van der Waals surface area contributed by atoms with Crippen molar-refractivity contribution in [2.45, 2.75) is 20.8 Å². The molecule has 1 aromatic rings. The number of pyridine rings is 1. The molecule has 0 aliphatic heterocycles. The zero-order valence-corrected chi connectivity index (χ0v) is 9.83. The Bertz CT molecular complexity index is 302. The molecule has 0 saturated carbocycles. The van der Waals surface area contributed by atoms with Crippen LogP contribution in [0.25, 0.3) is 6.08 Å². The van der Waals surface area contributed by atoms with Gasteiger partial charge < -0.3 is 5.32 Å². The van der Waals surface area contributed by atoms with Crippen molar-refractivity contribution in [3.8, 4) is 0 Å². The van der Waals surface area contributed by atoms with Crippen LogP contribution in [0.15, 0.2) is 30.0 Å². The number of nitrogens with one attached hydrogen (secondary N) is 1. The topological polar surface area (TPSA) is 24.9 Å². The van der Waals surface area contributed by atoms with Gasteiger partial charge in [-0.3, -0.25) is 4.98 Å². The Kier molecular flexibility index (Phi) is 5.05. The van der Waals surface area contributed by atoms with Crippen LogP contribution in [0.1, 0.15) is 26.5 Å². The molecule has 0 atom stereocenters. The zero-order chi connectivity index (χ0) is 11.1. The monoisotopic (exact) mass is 204 g/mol. The molecule has 0 spiro atoms. The van der Waals surface area contributed by atoms with Crippen LogP contribution >= 0.6 is 0 Å². The Morgan fingerprint density at radius 3 is 2.87 bits per heavy atom. The second-order valence-electron chi connectivity index (χ2n) is 4.27. The Labute approximate surface area is 92.4 Å². The maximum Gasteiger partial charge on any atom is 0.0629 e. The summed E-state index contributed by atoms with van der Waals surface area (Å²) in [6.45, 7) is 8.56. The lowest BCUT2D eigenvalue weighted by Crippen LogP contribution is -2.21. The second kappa shape index (κ2) is 6.36. The van der Waals surface area contributed by atoms with Gasteiger partial charge in [0.25, 0.3) is 0 Å². The van der Waals surface area contributed by atoms with Crippen LogP contribution in [0.2, 0.25) is 0 Å². The molecule has 1 N–H and O–H groups in total. The standard InChI is InChI=1S/C13H20N2/c1-11(2)9-14-10-12(3)8-13-6-4-5-7-15-13/h4-8,11,14H,9-10H2,1-3H3. The van der Waals surface area contributed by atoms with Gasteiger partial charge in [0.2, 0.25) is 0 Å². The fraction of sp³-hybridized carbons (Fsp3) is 0.462. The van der Waals surface area contributed by atoms with Crippen LogP contribution in [0, 0.1) is 5.92 Å². The number of hydrogen-bond donors (Lipinski definition) is 1. The molecule has 1 heterocycles. The number of rotatable bonds is 5. The van der Waals surface area contributed by atoms with Gasteiger partial charge in [-0.1, -0.05) is 25.5 Å². The van der Waals surface area contributed by atoms with Gasteiger partial charge in [-0.2, -0.15) is 0 Å². The minimum atomic E-state index is 0.702. The molecule has 0 aliphatic carbocycles. The summed E-state index contributed by atoms with van der Waals surface area (Å²) in [6.07, 6.45) is 3.94. The van der Waals surface area contributed by atoms with E-state index in [9.17, 15) is 0 Å². The smallest absolute Gasteiger partial charge is 0.0629 e. The molecule has 2 nitrogen and oxygen atoms in total. The lowest BCUT2D eigenvalue weighted by Gasteiger charge is -2.07. The summed E-state index contributed by atoms with van der Waals surface area (Å²) in [5.74, 6) is 0.702. The third-order valence-electron chi connectivity index (χ3n) is 2.04. The second-order valence-corrected chi connectivity index (χ2v) is 4.27. The quantitative estimate of drug-likeness (QED) is 0.797. The molecule has 0 bridgehead atoms. The van der Waals surface area contributed by atoms with Crippen LogP contribution in [0.4, 0.5) is 0 Å². The van der Waals surface area contributed by atoms with E-state index in [-0.39, 0.29) is 0 Å². The molecule has 0 saturated heterocycles. The van der Waals surface area contributed by atoms with Gasteiger partial charge in [0, 0.05) is 12.7 Å². The Morgan fingerprint density at radius 2 is 2.27 bits per heavy atom. The normalized spacial score (nSPS) is 12.1. The van der Waals surface area contributed by atoms with E-state index in [1.165, 1.54) is 5.57 Å². The first kappa shape index (κ1) is 11.9. The third-order valence-corrected chi connectivity index (χ3v) is 2.04. The Morgan fingerprint density at radius 1 is 1.47 bits per heavy atom. The van der Waals surface area contributed by atoms with Gasteiger partial charge in [-0.25, -0.2) is 0 Å². The van der Waals surface area contributed by atoms with Gasteiger partial charge in [0.1, 0.15) is 0 Å². The first-order valence-corrected chi connectivity index (χ1v) is 5.47. The molecule has 0 amide bonds. The number of nitrogens with zero attached hydrogens (tertiary/aromatic N) is 1. The lowest BCUT2D eigenvalue weighted by atomic mass is 10.2. The third kappa shape index (κ3) is 5.33. The van der Waals surface area contributed by atoms with E-state index in [4.69, 9.17) is 0 Å². The van der Waals surface area contributed by atoms with Gasteiger partial charge in [0.15, 0.2) is 0 Å². The molecule has 1 rings (SSSR count). The molecule has 82 valence electrons. The van der Waals surface area contributed by atoms with Crippen molar-refractivity contribution < 1.29 is 0 Å². The number of hydrogen-bond acceptors (Lipinski definition) is 2. The van der Waals surface area contributed by atoms with E-state index >= 15 is 0 Å². The summed E-state index contributed by atoms with van der Waals surface area (Å²) in [5.41, 5.74) is 2.34. The minimum Gasteiger partial charge on any atom is -0.313 e. The molecule has 0 aromatic carbocycles. The maximum absolute atomic E-state index is 4.26. The minimum absolute atomic E-state index is 0.702. The van der Waals surface area contributed by atoms with Gasteiger partial charge in [-0.05, 0) is 37.6 Å². The highest BCUT2D eigenvalue weighted by atomic mass is 14.8. The predicted molar refractivity (Wildman–Crippen MR) is 65.6 cm³/mol. The van der Waals surface area contributed by atoms with Crippen molar-refractivity contribution >= 4 is 6.08 Å². The summed E-state index contributed by atoms with van der Waals surface area (Å²) >= 11 is 0. The first-order chi connectivity index (χ1) is 7.18. The van der Waals surface area contributed by atoms with Gasteiger partial charge in [-0.15, -0.1) is 0 Å². The lowest BCUT2D eigenvalue weighted by molar-refractivity contribution is 0.572. The van der Waals surface area contributed by atoms with Crippen molar-refractivity contribution in [3.63, 3.8) is 0 Å². The molecule has 1 aromatic heterocycles. The van der Waals surface area contributed by atoms with Crippen LogP contribution in [0.5, 0.6) is 0 Å². The molecule has 0 aliphatic rings. The van der Waals surface area contributed by atoms with Crippen molar-refractivity contribution in [1.29, 1.82) is 0 Å². The van der Waals surface area contributed by atoms with Crippen LogP contribution in [-0.2, 0) is 0 Å². The molecule has 0 unspecified atom stereocenters. The van der Waals surface area contributed by atoms with E-state index in [1.54, 1.807) is 0 Å². The largest absolute Gasteiger partial charge is 0.313 e. The van der Waals surface area contributed by atoms with Crippen molar-refractivity contribution in [3.05, 3.63) is 35.7 Å².